The highest BCUT2D eigenvalue weighted by Gasteiger charge is 2.29. The Morgan fingerprint density at radius 2 is 2.05 bits per heavy atom. The molecule has 0 aromatic heterocycles. The minimum absolute atomic E-state index is 0.244. The van der Waals surface area contributed by atoms with Crippen molar-refractivity contribution in [3.05, 3.63) is 28.8 Å². The Labute approximate surface area is 122 Å². The molecule has 0 heterocycles. The summed E-state index contributed by atoms with van der Waals surface area (Å²) in [6, 6.07) is 4.44. The smallest absolute Gasteiger partial charge is 0.328 e. The second-order valence-electron chi connectivity index (χ2n) is 4.00. The van der Waals surface area contributed by atoms with Gasteiger partial charge in [0.05, 0.1) is 17.8 Å². The van der Waals surface area contributed by atoms with E-state index < -0.39 is 17.9 Å². The molecule has 0 saturated carbocycles. The van der Waals surface area contributed by atoms with Crippen LogP contribution in [0.3, 0.4) is 0 Å². The molecule has 104 valence electrons. The van der Waals surface area contributed by atoms with E-state index in [1.165, 1.54) is 12.0 Å². The summed E-state index contributed by atoms with van der Waals surface area (Å²) in [7, 11) is 1.27. The number of amides is 1. The summed E-state index contributed by atoms with van der Waals surface area (Å²) in [5.74, 6) is -1.18. The number of carbonyl (C=O) groups excluding carboxylic acids is 2. The predicted molar refractivity (Wildman–Crippen MR) is 75.9 cm³/mol. The van der Waals surface area contributed by atoms with Gasteiger partial charge in [0.1, 0.15) is 11.9 Å². The molecular weight excluding hydrogens is 289 g/mol. The molecule has 0 aliphatic carbocycles. The van der Waals surface area contributed by atoms with Gasteiger partial charge in [-0.25, -0.2) is 4.79 Å². The molecule has 0 bridgehead atoms. The van der Waals surface area contributed by atoms with Crippen LogP contribution >= 0.6 is 23.2 Å². The van der Waals surface area contributed by atoms with Gasteiger partial charge in [-0.3, -0.25) is 9.69 Å². The lowest BCUT2D eigenvalue weighted by molar-refractivity contribution is -0.142. The number of methoxy groups -OCH3 is 1. The molecule has 4 nitrogen and oxygen atoms in total. The molecule has 0 radical (unpaired) electrons. The summed E-state index contributed by atoms with van der Waals surface area (Å²) in [5.41, 5.74) is 1.26. The molecule has 0 fully saturated rings. The molecule has 0 saturated heterocycles. The number of aryl methyl sites for hydroxylation is 1. The maximum Gasteiger partial charge on any atom is 0.328 e. The van der Waals surface area contributed by atoms with E-state index in [0.29, 0.717) is 10.7 Å². The molecule has 1 rings (SSSR count). The Morgan fingerprint density at radius 1 is 1.42 bits per heavy atom. The van der Waals surface area contributed by atoms with Gasteiger partial charge in [0.15, 0.2) is 0 Å². The lowest BCUT2D eigenvalue weighted by atomic mass is 10.1. The maximum atomic E-state index is 12.0. The molecule has 1 atom stereocenters. The first-order valence-corrected chi connectivity index (χ1v) is 6.56. The van der Waals surface area contributed by atoms with Crippen LogP contribution in [0.2, 0.25) is 5.02 Å². The van der Waals surface area contributed by atoms with E-state index in [9.17, 15) is 9.59 Å². The topological polar surface area (TPSA) is 46.6 Å². The van der Waals surface area contributed by atoms with Crippen LogP contribution in [-0.4, -0.2) is 30.9 Å². The van der Waals surface area contributed by atoms with E-state index >= 15 is 0 Å². The highest BCUT2D eigenvalue weighted by molar-refractivity contribution is 6.35. The number of anilines is 1. The van der Waals surface area contributed by atoms with E-state index in [4.69, 9.17) is 23.2 Å². The summed E-state index contributed by atoms with van der Waals surface area (Å²) >= 11 is 11.7. The van der Waals surface area contributed by atoms with Crippen molar-refractivity contribution >= 4 is 40.8 Å². The largest absolute Gasteiger partial charge is 0.467 e. The van der Waals surface area contributed by atoms with Crippen LogP contribution in [0.1, 0.15) is 12.5 Å². The molecule has 0 spiro atoms. The van der Waals surface area contributed by atoms with Gasteiger partial charge >= 0.3 is 5.97 Å². The zero-order valence-corrected chi connectivity index (χ0v) is 12.5. The molecule has 1 aromatic carbocycles. The molecule has 19 heavy (non-hydrogen) atoms. The molecule has 6 heteroatoms. The first-order valence-electron chi connectivity index (χ1n) is 5.65. The number of para-hydroxylation sites is 1. The number of alkyl halides is 1. The van der Waals surface area contributed by atoms with E-state index in [0.717, 1.165) is 5.56 Å². The average Bonchev–Trinajstić information content (AvgIpc) is 2.40. The van der Waals surface area contributed by atoms with E-state index in [1.54, 1.807) is 32.0 Å². The third kappa shape index (κ3) is 3.39. The van der Waals surface area contributed by atoms with Crippen LogP contribution in [0.15, 0.2) is 18.2 Å². The number of rotatable bonds is 4. The van der Waals surface area contributed by atoms with Crippen molar-refractivity contribution in [3.63, 3.8) is 0 Å². The first-order chi connectivity index (χ1) is 8.93. The average molecular weight is 304 g/mol. The van der Waals surface area contributed by atoms with Crippen molar-refractivity contribution in [2.24, 2.45) is 0 Å². The van der Waals surface area contributed by atoms with Crippen molar-refractivity contribution in [2.45, 2.75) is 19.9 Å². The van der Waals surface area contributed by atoms with Gasteiger partial charge in [0.25, 0.3) is 0 Å². The van der Waals surface area contributed by atoms with Gasteiger partial charge in [-0.15, -0.1) is 11.6 Å². The highest BCUT2D eigenvalue weighted by Crippen LogP contribution is 2.31. The lowest BCUT2D eigenvalue weighted by Crippen LogP contribution is -2.45. The summed E-state index contributed by atoms with van der Waals surface area (Å²) in [5, 5.41) is 0.384. The maximum absolute atomic E-state index is 12.0. The minimum atomic E-state index is -0.796. The molecule has 0 N–H and O–H groups in total. The molecule has 1 amide bonds. The monoisotopic (exact) mass is 303 g/mol. The third-order valence-corrected chi connectivity index (χ3v) is 3.28. The van der Waals surface area contributed by atoms with Crippen LogP contribution < -0.4 is 4.90 Å². The Morgan fingerprint density at radius 3 is 2.53 bits per heavy atom. The Balaban J connectivity index is 3.32. The lowest BCUT2D eigenvalue weighted by Gasteiger charge is -2.29. The quantitative estimate of drug-likeness (QED) is 0.635. The number of hydrogen-bond donors (Lipinski definition) is 0. The summed E-state index contributed by atoms with van der Waals surface area (Å²) in [6.07, 6.45) is 0. The number of hydrogen-bond acceptors (Lipinski definition) is 3. The van der Waals surface area contributed by atoms with Crippen LogP contribution in [-0.2, 0) is 14.3 Å². The number of halogens is 2. The first kappa shape index (κ1) is 15.8. The Bertz CT molecular complexity index is 471. The van der Waals surface area contributed by atoms with Crippen molar-refractivity contribution in [1.29, 1.82) is 0 Å². The predicted octanol–water partition coefficient (Wildman–Crippen LogP) is 2.78. The Kier molecular flexibility index (Phi) is 5.63. The number of carbonyl (C=O) groups is 2. The fraction of sp³-hybridized carbons (Fsp3) is 0.385. The van der Waals surface area contributed by atoms with E-state index in [-0.39, 0.29) is 5.88 Å². The summed E-state index contributed by atoms with van der Waals surface area (Å²) < 4.78 is 4.67. The summed E-state index contributed by atoms with van der Waals surface area (Å²) in [4.78, 5) is 24.9. The van der Waals surface area contributed by atoms with E-state index in [1.807, 2.05) is 0 Å². The fourth-order valence-corrected chi connectivity index (χ4v) is 2.24. The number of nitrogens with zero attached hydrogens (tertiary/aromatic N) is 1. The second-order valence-corrected chi connectivity index (χ2v) is 4.68. The normalized spacial score (nSPS) is 11.8. The fourth-order valence-electron chi connectivity index (χ4n) is 1.80. The van der Waals surface area contributed by atoms with Crippen molar-refractivity contribution in [2.75, 3.05) is 17.9 Å². The molecule has 0 aliphatic heterocycles. The number of ether oxygens (including phenoxy) is 1. The molecular formula is C13H15Cl2NO3. The van der Waals surface area contributed by atoms with Crippen molar-refractivity contribution in [1.82, 2.24) is 0 Å². The number of benzene rings is 1. The van der Waals surface area contributed by atoms with Gasteiger partial charge in [-0.1, -0.05) is 23.7 Å². The highest BCUT2D eigenvalue weighted by atomic mass is 35.5. The summed E-state index contributed by atoms with van der Waals surface area (Å²) in [6.45, 7) is 3.37. The van der Waals surface area contributed by atoms with Gasteiger partial charge in [0, 0.05) is 0 Å². The molecule has 1 unspecified atom stereocenters. The van der Waals surface area contributed by atoms with Crippen molar-refractivity contribution in [3.8, 4) is 0 Å². The van der Waals surface area contributed by atoms with E-state index in [2.05, 4.69) is 4.74 Å². The zero-order chi connectivity index (χ0) is 14.6. The van der Waals surface area contributed by atoms with Crippen molar-refractivity contribution < 1.29 is 14.3 Å². The van der Waals surface area contributed by atoms with Gasteiger partial charge in [0.2, 0.25) is 5.91 Å². The Hall–Kier alpha value is -1.26. The van der Waals surface area contributed by atoms with Crippen LogP contribution in [0.5, 0.6) is 0 Å². The van der Waals surface area contributed by atoms with Gasteiger partial charge in [-0.05, 0) is 25.5 Å². The second kappa shape index (κ2) is 6.78. The standard InChI is InChI=1S/C13H15Cl2NO3/c1-8-5-4-6-10(15)12(8)16(11(17)7-14)9(2)13(18)19-3/h4-6,9H,7H2,1-3H3. The SMILES string of the molecule is COC(=O)C(C)N(C(=O)CCl)c1c(C)cccc1Cl. The van der Waals surface area contributed by atoms with Gasteiger partial charge in [-0.2, -0.15) is 0 Å². The molecule has 1 aromatic rings. The number of esters is 1. The molecule has 0 aliphatic rings. The van der Waals surface area contributed by atoms with Crippen LogP contribution in [0.25, 0.3) is 0 Å². The van der Waals surface area contributed by atoms with Gasteiger partial charge < -0.3 is 4.74 Å². The van der Waals surface area contributed by atoms with Crippen LogP contribution in [0.4, 0.5) is 5.69 Å². The van der Waals surface area contributed by atoms with Crippen LogP contribution in [0, 0.1) is 6.92 Å². The zero-order valence-electron chi connectivity index (χ0n) is 10.9. The minimum Gasteiger partial charge on any atom is -0.467 e. The third-order valence-electron chi connectivity index (χ3n) is 2.74.